The van der Waals surface area contributed by atoms with Gasteiger partial charge >= 0.3 is 0 Å². The van der Waals surface area contributed by atoms with E-state index < -0.39 is 0 Å². The number of piperidine rings is 1. The average molecular weight is 442 g/mol. The summed E-state index contributed by atoms with van der Waals surface area (Å²) in [5.41, 5.74) is 0.651. The average Bonchev–Trinajstić information content (AvgIpc) is 3.48. The Hall–Kier alpha value is -1.79. The first-order chi connectivity index (χ1) is 15.7. The van der Waals surface area contributed by atoms with Crippen molar-refractivity contribution in [2.45, 2.75) is 63.5 Å². The first kappa shape index (κ1) is 22.0. The van der Waals surface area contributed by atoms with E-state index in [-0.39, 0.29) is 12.0 Å². The molecule has 2 heterocycles. The standard InChI is InChI=1S/C26H39N3O3/c1-31-23-8-9-25(32-22-10-12-28(13-11-22)21-4-2-3-5-21)24(18-23)26(30)29-16-14-27(15-17-29)19-20-6-7-20/h8-9,18,20-22H,2-7,10-17,19H2,1H3. The maximum atomic E-state index is 13.5. The molecule has 0 radical (unpaired) electrons. The van der Waals surface area contributed by atoms with Crippen molar-refractivity contribution in [3.8, 4) is 11.5 Å². The van der Waals surface area contributed by atoms with Gasteiger partial charge < -0.3 is 19.3 Å². The number of carbonyl (C=O) groups is 1. The van der Waals surface area contributed by atoms with Crippen LogP contribution in [-0.2, 0) is 0 Å². The van der Waals surface area contributed by atoms with Crippen LogP contribution in [0.1, 0.15) is 61.7 Å². The Balaban J connectivity index is 1.21. The minimum absolute atomic E-state index is 0.0772. The van der Waals surface area contributed by atoms with E-state index in [1.54, 1.807) is 7.11 Å². The number of hydrogen-bond acceptors (Lipinski definition) is 5. The van der Waals surface area contributed by atoms with Crippen molar-refractivity contribution < 1.29 is 14.3 Å². The molecule has 0 N–H and O–H groups in total. The third-order valence-corrected chi connectivity index (χ3v) is 7.90. The highest BCUT2D eigenvalue weighted by atomic mass is 16.5. The predicted molar refractivity (Wildman–Crippen MR) is 126 cm³/mol. The number of ether oxygens (including phenoxy) is 2. The number of methoxy groups -OCH3 is 1. The molecule has 5 rings (SSSR count). The van der Waals surface area contributed by atoms with Crippen molar-refractivity contribution in [1.82, 2.24) is 14.7 Å². The third kappa shape index (κ3) is 5.23. The molecule has 2 aliphatic carbocycles. The molecule has 1 amide bonds. The molecule has 0 unspecified atom stereocenters. The van der Waals surface area contributed by atoms with Crippen LogP contribution in [0, 0.1) is 5.92 Å². The predicted octanol–water partition coefficient (Wildman–Crippen LogP) is 3.65. The molecular weight excluding hydrogens is 402 g/mol. The monoisotopic (exact) mass is 441 g/mol. The van der Waals surface area contributed by atoms with Gasteiger partial charge in [0.25, 0.3) is 5.91 Å². The zero-order valence-electron chi connectivity index (χ0n) is 19.6. The lowest BCUT2D eigenvalue weighted by Gasteiger charge is -2.37. The Morgan fingerprint density at radius 2 is 1.66 bits per heavy atom. The van der Waals surface area contributed by atoms with Crippen molar-refractivity contribution >= 4 is 5.91 Å². The number of benzene rings is 1. The first-order valence-corrected chi connectivity index (χ1v) is 12.8. The van der Waals surface area contributed by atoms with Crippen LogP contribution in [0.25, 0.3) is 0 Å². The van der Waals surface area contributed by atoms with E-state index in [1.807, 2.05) is 23.1 Å². The topological polar surface area (TPSA) is 45.3 Å². The van der Waals surface area contributed by atoms with Gasteiger partial charge in [0.15, 0.2) is 0 Å². The van der Waals surface area contributed by atoms with Crippen molar-refractivity contribution in [2.24, 2.45) is 5.92 Å². The summed E-state index contributed by atoms with van der Waals surface area (Å²) in [5.74, 6) is 2.41. The van der Waals surface area contributed by atoms with E-state index >= 15 is 0 Å². The van der Waals surface area contributed by atoms with Gasteiger partial charge in [0.05, 0.1) is 12.7 Å². The van der Waals surface area contributed by atoms with Gasteiger partial charge in [0.1, 0.15) is 17.6 Å². The van der Waals surface area contributed by atoms with Crippen LogP contribution in [-0.4, -0.2) is 85.7 Å². The summed E-state index contributed by atoms with van der Waals surface area (Å²) >= 11 is 0. The van der Waals surface area contributed by atoms with E-state index in [1.165, 1.54) is 45.1 Å². The summed E-state index contributed by atoms with van der Waals surface area (Å²) in [6.45, 7) is 6.96. The third-order valence-electron chi connectivity index (χ3n) is 7.90. The Morgan fingerprint density at radius 1 is 0.938 bits per heavy atom. The molecule has 4 aliphatic rings. The second kappa shape index (κ2) is 10.0. The zero-order chi connectivity index (χ0) is 21.9. The van der Waals surface area contributed by atoms with Crippen LogP contribution < -0.4 is 9.47 Å². The Kier molecular flexibility index (Phi) is 6.88. The Labute approximate surface area is 192 Å². The molecule has 2 saturated heterocycles. The molecule has 0 atom stereocenters. The summed E-state index contributed by atoms with van der Waals surface area (Å²) in [4.78, 5) is 20.6. The number of nitrogens with zero attached hydrogens (tertiary/aromatic N) is 3. The largest absolute Gasteiger partial charge is 0.497 e. The minimum Gasteiger partial charge on any atom is -0.497 e. The molecule has 0 spiro atoms. The second-order valence-corrected chi connectivity index (χ2v) is 10.2. The van der Waals surface area contributed by atoms with Gasteiger partial charge in [-0.25, -0.2) is 0 Å². The molecule has 32 heavy (non-hydrogen) atoms. The molecule has 4 fully saturated rings. The molecule has 6 heteroatoms. The Bertz CT molecular complexity index is 775. The Morgan fingerprint density at radius 3 is 2.31 bits per heavy atom. The van der Waals surface area contributed by atoms with Crippen molar-refractivity contribution in [1.29, 1.82) is 0 Å². The molecular formula is C26H39N3O3. The van der Waals surface area contributed by atoms with E-state index in [0.29, 0.717) is 11.3 Å². The van der Waals surface area contributed by atoms with Crippen molar-refractivity contribution in [3.63, 3.8) is 0 Å². The van der Waals surface area contributed by atoms with Crippen LogP contribution in [0.5, 0.6) is 11.5 Å². The SMILES string of the molecule is COc1ccc(OC2CCN(C3CCCC3)CC2)c(C(=O)N2CCN(CC3CC3)CC2)c1. The van der Waals surface area contributed by atoms with E-state index in [9.17, 15) is 4.79 Å². The molecule has 2 aliphatic heterocycles. The number of likely N-dealkylation sites (tertiary alicyclic amines) is 1. The summed E-state index contributed by atoms with van der Waals surface area (Å²) in [6.07, 6.45) is 10.5. The minimum atomic E-state index is 0.0772. The second-order valence-electron chi connectivity index (χ2n) is 10.2. The van der Waals surface area contributed by atoms with Crippen molar-refractivity contribution in [2.75, 3.05) is 52.9 Å². The lowest BCUT2D eigenvalue weighted by Crippen LogP contribution is -2.49. The van der Waals surface area contributed by atoms with Crippen LogP contribution in [0.15, 0.2) is 18.2 Å². The number of rotatable bonds is 7. The van der Waals surface area contributed by atoms with E-state index in [0.717, 1.165) is 69.8 Å². The summed E-state index contributed by atoms with van der Waals surface area (Å²) in [7, 11) is 1.65. The van der Waals surface area contributed by atoms with Gasteiger partial charge in [0.2, 0.25) is 0 Å². The quantitative estimate of drug-likeness (QED) is 0.646. The lowest BCUT2D eigenvalue weighted by molar-refractivity contribution is 0.0603. The fourth-order valence-electron chi connectivity index (χ4n) is 5.68. The van der Waals surface area contributed by atoms with Gasteiger partial charge in [-0.3, -0.25) is 9.69 Å². The summed E-state index contributed by atoms with van der Waals surface area (Å²) in [5, 5.41) is 0. The first-order valence-electron chi connectivity index (χ1n) is 12.8. The number of piperazine rings is 1. The van der Waals surface area contributed by atoms with Gasteiger partial charge in [-0.2, -0.15) is 0 Å². The number of carbonyl (C=O) groups excluding carboxylic acids is 1. The molecule has 176 valence electrons. The van der Waals surface area contributed by atoms with Gasteiger partial charge in [-0.15, -0.1) is 0 Å². The zero-order valence-corrected chi connectivity index (χ0v) is 19.6. The van der Waals surface area contributed by atoms with E-state index in [2.05, 4.69) is 9.80 Å². The maximum absolute atomic E-state index is 13.5. The van der Waals surface area contributed by atoms with Gasteiger partial charge in [0, 0.05) is 51.9 Å². The number of hydrogen-bond donors (Lipinski definition) is 0. The smallest absolute Gasteiger partial charge is 0.257 e. The van der Waals surface area contributed by atoms with Gasteiger partial charge in [-0.05, 0) is 62.6 Å². The maximum Gasteiger partial charge on any atom is 0.257 e. The van der Waals surface area contributed by atoms with Crippen molar-refractivity contribution in [3.05, 3.63) is 23.8 Å². The summed E-state index contributed by atoms with van der Waals surface area (Å²) in [6, 6.07) is 6.49. The molecule has 0 bridgehead atoms. The van der Waals surface area contributed by atoms with Crippen LogP contribution >= 0.6 is 0 Å². The molecule has 1 aromatic rings. The van der Waals surface area contributed by atoms with Crippen LogP contribution in [0.2, 0.25) is 0 Å². The molecule has 1 aromatic carbocycles. The van der Waals surface area contributed by atoms with E-state index in [4.69, 9.17) is 9.47 Å². The highest BCUT2D eigenvalue weighted by Crippen LogP contribution is 2.32. The fraction of sp³-hybridized carbons (Fsp3) is 0.731. The molecule has 0 aromatic heterocycles. The van der Waals surface area contributed by atoms with Gasteiger partial charge in [-0.1, -0.05) is 12.8 Å². The highest BCUT2D eigenvalue weighted by Gasteiger charge is 2.31. The highest BCUT2D eigenvalue weighted by molar-refractivity contribution is 5.97. The number of amides is 1. The van der Waals surface area contributed by atoms with Crippen LogP contribution in [0.4, 0.5) is 0 Å². The lowest BCUT2D eigenvalue weighted by atomic mass is 10.0. The summed E-state index contributed by atoms with van der Waals surface area (Å²) < 4.78 is 11.9. The normalized spacial score (nSPS) is 24.1. The van der Waals surface area contributed by atoms with Crippen LogP contribution in [0.3, 0.4) is 0 Å². The molecule has 2 saturated carbocycles. The molecule has 6 nitrogen and oxygen atoms in total. The fourth-order valence-corrected chi connectivity index (χ4v) is 5.68.